The molecule has 0 atom stereocenters. The van der Waals surface area contributed by atoms with Gasteiger partial charge in [0.25, 0.3) is 5.56 Å². The Morgan fingerprint density at radius 3 is 2.77 bits per heavy atom. The molecule has 4 rings (SSSR count). The van der Waals surface area contributed by atoms with Gasteiger partial charge in [0.05, 0.1) is 18.5 Å². The molecule has 0 aliphatic carbocycles. The summed E-state index contributed by atoms with van der Waals surface area (Å²) in [6, 6.07) is 13.0. The molecule has 6 nitrogen and oxygen atoms in total. The van der Waals surface area contributed by atoms with E-state index in [4.69, 9.17) is 11.6 Å². The summed E-state index contributed by atoms with van der Waals surface area (Å²) in [5.41, 5.74) is 1.85. The fourth-order valence-electron chi connectivity index (χ4n) is 3.23. The van der Waals surface area contributed by atoms with Crippen molar-refractivity contribution in [3.63, 3.8) is 0 Å². The summed E-state index contributed by atoms with van der Waals surface area (Å²) in [6.07, 6.45) is 0. The smallest absolute Gasteiger partial charge is 0.260 e. The lowest BCUT2D eigenvalue weighted by Crippen LogP contribution is -2.31. The van der Waals surface area contributed by atoms with Crippen LogP contribution in [0.5, 0.6) is 0 Å². The van der Waals surface area contributed by atoms with Crippen LogP contribution in [0.25, 0.3) is 21.3 Å². The Morgan fingerprint density at radius 2 is 2.03 bits per heavy atom. The first-order chi connectivity index (χ1) is 14.9. The summed E-state index contributed by atoms with van der Waals surface area (Å²) in [6.45, 7) is 0.328. The van der Waals surface area contributed by atoms with Crippen molar-refractivity contribution in [1.29, 1.82) is 0 Å². The van der Waals surface area contributed by atoms with Crippen molar-refractivity contribution in [1.82, 2.24) is 14.9 Å². The SMILES string of the molecule is CN(CC(=O)Nc1cccc(F)c1)Cc1nc2scc(-c3ccc(Cl)cc3)c2c(=O)[nH]1. The number of H-pyrrole nitrogens is 1. The van der Waals surface area contributed by atoms with Gasteiger partial charge in [0.15, 0.2) is 0 Å². The molecule has 2 aromatic heterocycles. The van der Waals surface area contributed by atoms with Crippen LogP contribution in [0.4, 0.5) is 10.1 Å². The molecule has 0 aliphatic heterocycles. The maximum absolute atomic E-state index is 13.3. The fourth-order valence-corrected chi connectivity index (χ4v) is 4.33. The molecule has 0 spiro atoms. The molecule has 1 amide bonds. The Kier molecular flexibility index (Phi) is 6.13. The van der Waals surface area contributed by atoms with Gasteiger partial charge in [-0.3, -0.25) is 14.5 Å². The largest absolute Gasteiger partial charge is 0.325 e. The highest BCUT2D eigenvalue weighted by Gasteiger charge is 2.15. The minimum atomic E-state index is -0.421. The van der Waals surface area contributed by atoms with E-state index in [9.17, 15) is 14.0 Å². The lowest BCUT2D eigenvalue weighted by molar-refractivity contribution is -0.117. The number of carbonyl (C=O) groups excluding carboxylic acids is 1. The number of fused-ring (bicyclic) bond motifs is 1. The van der Waals surface area contributed by atoms with Crippen LogP contribution in [0, 0.1) is 5.82 Å². The van der Waals surface area contributed by atoms with Gasteiger partial charge in [-0.05, 0) is 42.9 Å². The normalized spacial score (nSPS) is 11.2. The summed E-state index contributed by atoms with van der Waals surface area (Å²) in [7, 11) is 1.74. The highest BCUT2D eigenvalue weighted by atomic mass is 35.5. The van der Waals surface area contributed by atoms with Crippen molar-refractivity contribution in [2.24, 2.45) is 0 Å². The molecule has 4 aromatic rings. The van der Waals surface area contributed by atoms with E-state index in [2.05, 4.69) is 15.3 Å². The van der Waals surface area contributed by atoms with Gasteiger partial charge in [-0.25, -0.2) is 9.37 Å². The number of halogens is 2. The van der Waals surface area contributed by atoms with E-state index in [1.54, 1.807) is 30.1 Å². The highest BCUT2D eigenvalue weighted by Crippen LogP contribution is 2.31. The van der Waals surface area contributed by atoms with Crippen LogP contribution < -0.4 is 10.9 Å². The standard InChI is InChI=1S/C22H18ClFN4O2S/c1-28(11-19(29)25-16-4-2-3-15(24)9-16)10-18-26-21(30)20-17(12-31-22(20)27-18)13-5-7-14(23)8-6-13/h2-9,12H,10-11H2,1H3,(H,25,29)(H,26,27,30). The Labute approximate surface area is 186 Å². The molecule has 0 fully saturated rings. The number of aromatic nitrogens is 2. The number of nitrogens with zero attached hydrogens (tertiary/aromatic N) is 2. The number of aromatic amines is 1. The minimum Gasteiger partial charge on any atom is -0.325 e. The molecule has 0 unspecified atom stereocenters. The zero-order valence-electron chi connectivity index (χ0n) is 16.5. The number of carbonyl (C=O) groups is 1. The number of hydrogen-bond donors (Lipinski definition) is 2. The third kappa shape index (κ3) is 4.99. The van der Waals surface area contributed by atoms with E-state index in [0.717, 1.165) is 11.1 Å². The maximum Gasteiger partial charge on any atom is 0.260 e. The van der Waals surface area contributed by atoms with Crippen LogP contribution in [0.15, 0.2) is 58.7 Å². The van der Waals surface area contributed by atoms with Crippen LogP contribution in [0.3, 0.4) is 0 Å². The van der Waals surface area contributed by atoms with E-state index in [-0.39, 0.29) is 24.6 Å². The summed E-state index contributed by atoms with van der Waals surface area (Å²) in [4.78, 5) is 34.7. The predicted octanol–water partition coefficient (Wildman–Crippen LogP) is 4.51. The number of likely N-dealkylation sites (N-methyl/N-ethyl adjacent to an activating group) is 1. The summed E-state index contributed by atoms with van der Waals surface area (Å²) in [5.74, 6) is -0.254. The highest BCUT2D eigenvalue weighted by molar-refractivity contribution is 7.17. The fraction of sp³-hybridized carbons (Fsp3) is 0.136. The van der Waals surface area contributed by atoms with Crippen LogP contribution in [-0.2, 0) is 11.3 Å². The number of thiophene rings is 1. The molecule has 2 N–H and O–H groups in total. The van der Waals surface area contributed by atoms with Crippen molar-refractivity contribution in [2.45, 2.75) is 6.54 Å². The van der Waals surface area contributed by atoms with Gasteiger partial charge < -0.3 is 10.3 Å². The Balaban J connectivity index is 1.48. The quantitative estimate of drug-likeness (QED) is 0.447. The van der Waals surface area contributed by atoms with Crippen molar-refractivity contribution in [2.75, 3.05) is 18.9 Å². The molecule has 0 bridgehead atoms. The second kappa shape index (κ2) is 8.97. The molecule has 0 saturated carbocycles. The third-order valence-corrected chi connectivity index (χ3v) is 5.71. The van der Waals surface area contributed by atoms with E-state index < -0.39 is 5.82 Å². The van der Waals surface area contributed by atoms with E-state index in [0.29, 0.717) is 26.8 Å². The van der Waals surface area contributed by atoms with E-state index in [1.165, 1.54) is 29.5 Å². The Bertz CT molecular complexity index is 1300. The van der Waals surface area contributed by atoms with Crippen LogP contribution >= 0.6 is 22.9 Å². The van der Waals surface area contributed by atoms with Crippen LogP contribution in [-0.4, -0.2) is 34.4 Å². The van der Waals surface area contributed by atoms with Gasteiger partial charge in [-0.15, -0.1) is 11.3 Å². The Hall–Kier alpha value is -3.07. The van der Waals surface area contributed by atoms with Crippen molar-refractivity contribution in [3.8, 4) is 11.1 Å². The molecule has 2 heterocycles. The molecule has 0 saturated heterocycles. The number of hydrogen-bond acceptors (Lipinski definition) is 5. The third-order valence-electron chi connectivity index (χ3n) is 4.59. The van der Waals surface area contributed by atoms with Gasteiger partial charge in [0, 0.05) is 21.7 Å². The molecule has 31 heavy (non-hydrogen) atoms. The monoisotopic (exact) mass is 456 g/mol. The topological polar surface area (TPSA) is 78.1 Å². The van der Waals surface area contributed by atoms with Gasteiger partial charge >= 0.3 is 0 Å². The number of nitrogens with one attached hydrogen (secondary N) is 2. The molecule has 0 radical (unpaired) electrons. The van der Waals surface area contributed by atoms with Gasteiger partial charge in [-0.2, -0.15) is 0 Å². The van der Waals surface area contributed by atoms with Crippen molar-refractivity contribution in [3.05, 3.63) is 80.9 Å². The van der Waals surface area contributed by atoms with Gasteiger partial charge in [0.1, 0.15) is 16.5 Å². The zero-order valence-corrected chi connectivity index (χ0v) is 18.1. The molecular weight excluding hydrogens is 439 g/mol. The van der Waals surface area contributed by atoms with E-state index in [1.807, 2.05) is 17.5 Å². The second-order valence-electron chi connectivity index (χ2n) is 7.08. The summed E-state index contributed by atoms with van der Waals surface area (Å²) in [5, 5.41) is 5.70. The van der Waals surface area contributed by atoms with E-state index >= 15 is 0 Å². The number of benzene rings is 2. The van der Waals surface area contributed by atoms with Crippen LogP contribution in [0.2, 0.25) is 5.02 Å². The van der Waals surface area contributed by atoms with Crippen molar-refractivity contribution >= 4 is 44.7 Å². The lowest BCUT2D eigenvalue weighted by atomic mass is 10.1. The number of amides is 1. The molecule has 0 aliphatic rings. The first-order valence-corrected chi connectivity index (χ1v) is 10.6. The number of anilines is 1. The maximum atomic E-state index is 13.3. The molecular formula is C22H18ClFN4O2S. The summed E-state index contributed by atoms with van der Waals surface area (Å²) < 4.78 is 13.3. The second-order valence-corrected chi connectivity index (χ2v) is 8.37. The average Bonchev–Trinajstić information content (AvgIpc) is 3.13. The molecule has 158 valence electrons. The zero-order chi connectivity index (χ0) is 22.0. The minimum absolute atomic E-state index is 0.0543. The first kappa shape index (κ1) is 21.2. The molecule has 9 heteroatoms. The Morgan fingerprint density at radius 1 is 1.26 bits per heavy atom. The summed E-state index contributed by atoms with van der Waals surface area (Å²) >= 11 is 7.34. The van der Waals surface area contributed by atoms with Crippen molar-refractivity contribution < 1.29 is 9.18 Å². The average molecular weight is 457 g/mol. The van der Waals surface area contributed by atoms with Crippen LogP contribution in [0.1, 0.15) is 5.82 Å². The lowest BCUT2D eigenvalue weighted by Gasteiger charge is -2.15. The molecule has 2 aromatic carbocycles. The van der Waals surface area contributed by atoms with Gasteiger partial charge in [-0.1, -0.05) is 29.8 Å². The van der Waals surface area contributed by atoms with Gasteiger partial charge in [0.2, 0.25) is 5.91 Å². The predicted molar refractivity (Wildman–Crippen MR) is 122 cm³/mol. The first-order valence-electron chi connectivity index (χ1n) is 9.39. The number of rotatable bonds is 6.